The van der Waals surface area contributed by atoms with Crippen LogP contribution in [0.4, 0.5) is 10.8 Å². The maximum absolute atomic E-state index is 5.76. The minimum absolute atomic E-state index is 0.704. The first kappa shape index (κ1) is 14.4. The second-order valence-corrected chi connectivity index (χ2v) is 6.33. The third-order valence-corrected chi connectivity index (χ3v) is 4.79. The highest BCUT2D eigenvalue weighted by molar-refractivity contribution is 7.13. The van der Waals surface area contributed by atoms with E-state index in [0.29, 0.717) is 6.54 Å². The molecule has 0 aliphatic carbocycles. The van der Waals surface area contributed by atoms with Crippen molar-refractivity contribution in [2.45, 2.75) is 13.3 Å². The van der Waals surface area contributed by atoms with E-state index in [9.17, 15) is 0 Å². The Labute approximate surface area is 130 Å². The van der Waals surface area contributed by atoms with Crippen LogP contribution in [0.1, 0.15) is 11.1 Å². The van der Waals surface area contributed by atoms with Crippen LogP contribution in [-0.4, -0.2) is 37.7 Å². The van der Waals surface area contributed by atoms with Gasteiger partial charge in [-0.1, -0.05) is 17.7 Å². The fourth-order valence-corrected chi connectivity index (χ4v) is 3.59. The Balaban J connectivity index is 1.72. The zero-order valence-electron chi connectivity index (χ0n) is 12.5. The second-order valence-electron chi connectivity index (χ2n) is 5.46. The Morgan fingerprint density at radius 2 is 1.95 bits per heavy atom. The molecule has 21 heavy (non-hydrogen) atoms. The van der Waals surface area contributed by atoms with E-state index >= 15 is 0 Å². The summed E-state index contributed by atoms with van der Waals surface area (Å²) in [5, 5.41) is 3.18. The lowest BCUT2D eigenvalue weighted by molar-refractivity contribution is 0.649. The molecule has 0 spiro atoms. The topological polar surface area (TPSA) is 45.4 Å². The van der Waals surface area contributed by atoms with Crippen LogP contribution in [0.2, 0.25) is 0 Å². The number of aryl methyl sites for hydroxylation is 1. The number of nitrogens with zero attached hydrogens (tertiary/aromatic N) is 3. The Morgan fingerprint density at radius 1 is 1.19 bits per heavy atom. The fourth-order valence-electron chi connectivity index (χ4n) is 2.89. The smallest absolute Gasteiger partial charge is 0.185 e. The van der Waals surface area contributed by atoms with Crippen LogP contribution in [0.25, 0.3) is 0 Å². The minimum Gasteiger partial charge on any atom is -0.368 e. The molecule has 1 aromatic carbocycles. The van der Waals surface area contributed by atoms with Gasteiger partial charge in [0, 0.05) is 43.4 Å². The number of benzene rings is 1. The minimum atomic E-state index is 0.704. The van der Waals surface area contributed by atoms with Gasteiger partial charge in [-0.3, -0.25) is 0 Å². The van der Waals surface area contributed by atoms with Crippen molar-refractivity contribution in [3.63, 3.8) is 0 Å². The molecule has 1 aromatic heterocycles. The zero-order chi connectivity index (χ0) is 14.7. The quantitative estimate of drug-likeness (QED) is 0.941. The van der Waals surface area contributed by atoms with Crippen molar-refractivity contribution >= 4 is 22.2 Å². The first-order valence-corrected chi connectivity index (χ1v) is 8.35. The monoisotopic (exact) mass is 302 g/mol. The molecule has 1 saturated heterocycles. The maximum Gasteiger partial charge on any atom is 0.185 e. The molecule has 0 radical (unpaired) electrons. The molecule has 2 N–H and O–H groups in total. The first-order valence-electron chi connectivity index (χ1n) is 7.47. The molecular formula is C16H22N4S. The largest absolute Gasteiger partial charge is 0.368 e. The highest BCUT2D eigenvalue weighted by Crippen LogP contribution is 2.25. The number of hydrogen-bond acceptors (Lipinski definition) is 5. The van der Waals surface area contributed by atoms with Gasteiger partial charge in [0.1, 0.15) is 0 Å². The standard InChI is InChI=1S/C16H22N4S/c1-13-2-3-15(14(12-13)4-5-17)19-7-9-20(10-8-19)16-18-6-11-21-16/h2-3,6,11-12H,4-5,7-10,17H2,1H3. The van der Waals surface area contributed by atoms with Crippen LogP contribution >= 0.6 is 11.3 Å². The number of hydrogen-bond donors (Lipinski definition) is 1. The number of anilines is 2. The van der Waals surface area contributed by atoms with E-state index in [2.05, 4.69) is 39.9 Å². The van der Waals surface area contributed by atoms with Crippen molar-refractivity contribution in [2.24, 2.45) is 5.73 Å². The molecule has 112 valence electrons. The van der Waals surface area contributed by atoms with Gasteiger partial charge < -0.3 is 15.5 Å². The predicted octanol–water partition coefficient (Wildman–Crippen LogP) is 2.28. The third kappa shape index (κ3) is 3.19. The summed E-state index contributed by atoms with van der Waals surface area (Å²) < 4.78 is 0. The van der Waals surface area contributed by atoms with Crippen LogP contribution in [0.5, 0.6) is 0 Å². The van der Waals surface area contributed by atoms with E-state index in [1.165, 1.54) is 16.8 Å². The van der Waals surface area contributed by atoms with Gasteiger partial charge in [-0.05, 0) is 31.5 Å². The van der Waals surface area contributed by atoms with E-state index in [4.69, 9.17) is 5.73 Å². The van der Waals surface area contributed by atoms with E-state index in [1.54, 1.807) is 11.3 Å². The molecule has 0 unspecified atom stereocenters. The Kier molecular flexibility index (Phi) is 4.41. The SMILES string of the molecule is Cc1ccc(N2CCN(c3nccs3)CC2)c(CCN)c1. The predicted molar refractivity (Wildman–Crippen MR) is 90.5 cm³/mol. The summed E-state index contributed by atoms with van der Waals surface area (Å²) >= 11 is 1.72. The Hall–Kier alpha value is -1.59. The summed E-state index contributed by atoms with van der Waals surface area (Å²) in [7, 11) is 0. The molecule has 3 rings (SSSR count). The molecule has 0 amide bonds. The van der Waals surface area contributed by atoms with Gasteiger partial charge in [-0.25, -0.2) is 4.98 Å². The molecule has 2 aromatic rings. The van der Waals surface area contributed by atoms with E-state index in [-0.39, 0.29) is 0 Å². The van der Waals surface area contributed by atoms with E-state index in [1.807, 2.05) is 11.6 Å². The highest BCUT2D eigenvalue weighted by Gasteiger charge is 2.20. The molecular weight excluding hydrogens is 280 g/mol. The summed E-state index contributed by atoms with van der Waals surface area (Å²) in [5.41, 5.74) is 9.80. The van der Waals surface area contributed by atoms with Crippen LogP contribution < -0.4 is 15.5 Å². The molecule has 0 atom stereocenters. The third-order valence-electron chi connectivity index (χ3n) is 3.96. The molecule has 2 heterocycles. The lowest BCUT2D eigenvalue weighted by Crippen LogP contribution is -2.46. The lowest BCUT2D eigenvalue weighted by Gasteiger charge is -2.37. The average molecular weight is 302 g/mol. The van der Waals surface area contributed by atoms with Crippen molar-refractivity contribution in [1.82, 2.24) is 4.98 Å². The molecule has 1 aliphatic heterocycles. The van der Waals surface area contributed by atoms with Crippen LogP contribution in [0.15, 0.2) is 29.8 Å². The number of rotatable bonds is 4. The highest BCUT2D eigenvalue weighted by atomic mass is 32.1. The van der Waals surface area contributed by atoms with Crippen LogP contribution in [-0.2, 0) is 6.42 Å². The van der Waals surface area contributed by atoms with Gasteiger partial charge in [0.15, 0.2) is 5.13 Å². The molecule has 4 nitrogen and oxygen atoms in total. The van der Waals surface area contributed by atoms with Crippen molar-refractivity contribution in [3.05, 3.63) is 40.9 Å². The van der Waals surface area contributed by atoms with Gasteiger partial charge in [0.25, 0.3) is 0 Å². The van der Waals surface area contributed by atoms with Gasteiger partial charge in [-0.2, -0.15) is 0 Å². The van der Waals surface area contributed by atoms with Gasteiger partial charge in [0.05, 0.1) is 0 Å². The first-order chi connectivity index (χ1) is 10.3. The number of thiazole rings is 1. The number of aromatic nitrogens is 1. The Morgan fingerprint density at radius 3 is 2.62 bits per heavy atom. The summed E-state index contributed by atoms with van der Waals surface area (Å²) in [6, 6.07) is 6.72. The van der Waals surface area contributed by atoms with E-state index < -0.39 is 0 Å². The second kappa shape index (κ2) is 6.45. The lowest BCUT2D eigenvalue weighted by atomic mass is 10.0. The fraction of sp³-hybridized carbons (Fsp3) is 0.438. The summed E-state index contributed by atoms with van der Waals surface area (Å²) in [6.45, 7) is 6.99. The molecule has 0 bridgehead atoms. The normalized spacial score (nSPS) is 15.5. The summed E-state index contributed by atoms with van der Waals surface area (Å²) in [5.74, 6) is 0. The number of nitrogens with two attached hydrogens (primary N) is 1. The van der Waals surface area contributed by atoms with Crippen LogP contribution in [0, 0.1) is 6.92 Å². The Bertz CT molecular complexity index is 574. The van der Waals surface area contributed by atoms with Gasteiger partial charge in [0.2, 0.25) is 0 Å². The summed E-state index contributed by atoms with van der Waals surface area (Å²) in [6.07, 6.45) is 2.83. The van der Waals surface area contributed by atoms with Crippen molar-refractivity contribution in [1.29, 1.82) is 0 Å². The summed E-state index contributed by atoms with van der Waals surface area (Å²) in [4.78, 5) is 9.26. The average Bonchev–Trinajstić information content (AvgIpc) is 3.02. The van der Waals surface area contributed by atoms with Crippen LogP contribution in [0.3, 0.4) is 0 Å². The molecule has 0 saturated carbocycles. The molecule has 1 aliphatic rings. The van der Waals surface area contributed by atoms with Crippen molar-refractivity contribution < 1.29 is 0 Å². The molecule has 5 heteroatoms. The maximum atomic E-state index is 5.76. The van der Waals surface area contributed by atoms with Crippen molar-refractivity contribution in [2.75, 3.05) is 42.5 Å². The molecule has 1 fully saturated rings. The van der Waals surface area contributed by atoms with E-state index in [0.717, 1.165) is 37.7 Å². The van der Waals surface area contributed by atoms with Gasteiger partial charge in [-0.15, -0.1) is 11.3 Å². The van der Waals surface area contributed by atoms with Crippen molar-refractivity contribution in [3.8, 4) is 0 Å². The van der Waals surface area contributed by atoms with Gasteiger partial charge >= 0.3 is 0 Å². The zero-order valence-corrected chi connectivity index (χ0v) is 13.3. The number of piperazine rings is 1.